The number of halogens is 1. The highest BCUT2D eigenvalue weighted by Crippen LogP contribution is 2.31. The van der Waals surface area contributed by atoms with Crippen molar-refractivity contribution in [1.29, 1.82) is 0 Å². The van der Waals surface area contributed by atoms with Gasteiger partial charge in [-0.2, -0.15) is 0 Å². The van der Waals surface area contributed by atoms with Gasteiger partial charge in [0, 0.05) is 16.1 Å². The minimum atomic E-state index is 0.665. The molecule has 0 saturated carbocycles. The molecule has 0 fully saturated rings. The standard InChI is InChI=1S/C19H13ClO/c20-19-9-5-4-8-18(19)15-10-11-17(16(12-15)13-21)14-6-2-1-3-7-14/h1-13H. The Kier molecular flexibility index (Phi) is 3.85. The molecule has 3 rings (SSSR count). The first-order valence-corrected chi connectivity index (χ1v) is 7.07. The molecule has 3 aromatic rings. The minimum Gasteiger partial charge on any atom is -0.298 e. The molecule has 0 aliphatic rings. The zero-order chi connectivity index (χ0) is 14.7. The molecular formula is C19H13ClO. The maximum Gasteiger partial charge on any atom is 0.150 e. The molecule has 0 aliphatic carbocycles. The molecule has 0 spiro atoms. The Morgan fingerprint density at radius 2 is 1.43 bits per heavy atom. The molecule has 0 heterocycles. The second kappa shape index (κ2) is 5.94. The third-order valence-corrected chi connectivity index (χ3v) is 3.78. The van der Waals surface area contributed by atoms with Gasteiger partial charge in [-0.1, -0.05) is 72.3 Å². The van der Waals surface area contributed by atoms with Crippen LogP contribution in [0.2, 0.25) is 5.02 Å². The van der Waals surface area contributed by atoms with Crippen LogP contribution in [0.3, 0.4) is 0 Å². The quantitative estimate of drug-likeness (QED) is 0.584. The molecule has 1 nitrogen and oxygen atoms in total. The maximum atomic E-state index is 11.4. The molecule has 0 bridgehead atoms. The van der Waals surface area contributed by atoms with E-state index >= 15 is 0 Å². The van der Waals surface area contributed by atoms with Crippen LogP contribution in [0.5, 0.6) is 0 Å². The Hall–Kier alpha value is -2.38. The van der Waals surface area contributed by atoms with Crippen LogP contribution in [-0.4, -0.2) is 6.29 Å². The van der Waals surface area contributed by atoms with Crippen molar-refractivity contribution in [3.63, 3.8) is 0 Å². The first-order valence-electron chi connectivity index (χ1n) is 6.69. The maximum absolute atomic E-state index is 11.4. The molecule has 0 unspecified atom stereocenters. The number of carbonyl (C=O) groups is 1. The largest absolute Gasteiger partial charge is 0.298 e. The fourth-order valence-corrected chi connectivity index (χ4v) is 2.65. The molecule has 0 saturated heterocycles. The van der Waals surface area contributed by atoms with Crippen molar-refractivity contribution in [3.05, 3.63) is 83.4 Å². The molecule has 0 atom stereocenters. The van der Waals surface area contributed by atoms with E-state index in [1.807, 2.05) is 72.8 Å². The number of carbonyl (C=O) groups excluding carboxylic acids is 1. The second-order valence-corrected chi connectivity index (χ2v) is 5.17. The lowest BCUT2D eigenvalue weighted by Crippen LogP contribution is -1.89. The van der Waals surface area contributed by atoms with Crippen molar-refractivity contribution < 1.29 is 4.79 Å². The van der Waals surface area contributed by atoms with Crippen LogP contribution >= 0.6 is 11.6 Å². The third kappa shape index (κ3) is 2.74. The third-order valence-electron chi connectivity index (χ3n) is 3.45. The smallest absolute Gasteiger partial charge is 0.150 e. The van der Waals surface area contributed by atoms with Crippen molar-refractivity contribution in [3.8, 4) is 22.3 Å². The summed E-state index contributed by atoms with van der Waals surface area (Å²) in [6, 6.07) is 23.4. The van der Waals surface area contributed by atoms with Gasteiger partial charge in [-0.05, 0) is 28.8 Å². The normalized spacial score (nSPS) is 10.3. The molecule has 2 heteroatoms. The van der Waals surface area contributed by atoms with Gasteiger partial charge in [-0.25, -0.2) is 0 Å². The Bertz CT molecular complexity index is 779. The van der Waals surface area contributed by atoms with Gasteiger partial charge < -0.3 is 0 Å². The van der Waals surface area contributed by atoms with Gasteiger partial charge in [0.15, 0.2) is 6.29 Å². The fraction of sp³-hybridized carbons (Fsp3) is 0. The summed E-state index contributed by atoms with van der Waals surface area (Å²) in [5.74, 6) is 0. The number of benzene rings is 3. The van der Waals surface area contributed by atoms with Crippen molar-refractivity contribution in [2.24, 2.45) is 0 Å². The van der Waals surface area contributed by atoms with E-state index in [0.717, 1.165) is 28.5 Å². The summed E-state index contributed by atoms with van der Waals surface area (Å²) >= 11 is 6.22. The van der Waals surface area contributed by atoms with Crippen molar-refractivity contribution >= 4 is 17.9 Å². The molecule has 0 N–H and O–H groups in total. The van der Waals surface area contributed by atoms with Gasteiger partial charge in [0.1, 0.15) is 0 Å². The SMILES string of the molecule is O=Cc1cc(-c2ccccc2Cl)ccc1-c1ccccc1. The van der Waals surface area contributed by atoms with E-state index in [-0.39, 0.29) is 0 Å². The van der Waals surface area contributed by atoms with E-state index in [9.17, 15) is 4.79 Å². The van der Waals surface area contributed by atoms with Crippen LogP contribution < -0.4 is 0 Å². The van der Waals surface area contributed by atoms with E-state index in [1.54, 1.807) is 0 Å². The van der Waals surface area contributed by atoms with Crippen molar-refractivity contribution in [1.82, 2.24) is 0 Å². The van der Waals surface area contributed by atoms with Crippen LogP contribution in [-0.2, 0) is 0 Å². The highest BCUT2D eigenvalue weighted by molar-refractivity contribution is 6.33. The predicted molar refractivity (Wildman–Crippen MR) is 87.7 cm³/mol. The number of rotatable bonds is 3. The zero-order valence-electron chi connectivity index (χ0n) is 11.3. The van der Waals surface area contributed by atoms with Crippen LogP contribution in [0.1, 0.15) is 10.4 Å². The Balaban J connectivity index is 2.12. The average molecular weight is 293 g/mol. The Morgan fingerprint density at radius 3 is 2.14 bits per heavy atom. The van der Waals surface area contributed by atoms with Gasteiger partial charge in [0.2, 0.25) is 0 Å². The molecule has 0 aliphatic heterocycles. The van der Waals surface area contributed by atoms with Gasteiger partial charge >= 0.3 is 0 Å². The topological polar surface area (TPSA) is 17.1 Å². The summed E-state index contributed by atoms with van der Waals surface area (Å²) in [4.78, 5) is 11.4. The number of aldehydes is 1. The van der Waals surface area contributed by atoms with Crippen molar-refractivity contribution in [2.45, 2.75) is 0 Å². The van der Waals surface area contributed by atoms with Gasteiger partial charge in [0.05, 0.1) is 0 Å². The van der Waals surface area contributed by atoms with Crippen LogP contribution in [0.15, 0.2) is 72.8 Å². The van der Waals surface area contributed by atoms with E-state index < -0.39 is 0 Å². The number of hydrogen-bond donors (Lipinski definition) is 0. The zero-order valence-corrected chi connectivity index (χ0v) is 12.0. The average Bonchev–Trinajstić information content (AvgIpc) is 2.55. The summed E-state index contributed by atoms with van der Waals surface area (Å²) < 4.78 is 0. The van der Waals surface area contributed by atoms with Gasteiger partial charge in [0.25, 0.3) is 0 Å². The predicted octanol–water partition coefficient (Wildman–Crippen LogP) is 5.49. The Morgan fingerprint density at radius 1 is 0.714 bits per heavy atom. The highest BCUT2D eigenvalue weighted by atomic mass is 35.5. The summed E-state index contributed by atoms with van der Waals surface area (Å²) in [5, 5.41) is 0.682. The highest BCUT2D eigenvalue weighted by Gasteiger charge is 2.08. The lowest BCUT2D eigenvalue weighted by atomic mass is 9.95. The monoisotopic (exact) mass is 292 g/mol. The van der Waals surface area contributed by atoms with E-state index in [1.165, 1.54) is 0 Å². The summed E-state index contributed by atoms with van der Waals surface area (Å²) in [6.07, 6.45) is 0.892. The van der Waals surface area contributed by atoms with Crippen LogP contribution in [0.25, 0.3) is 22.3 Å². The lowest BCUT2D eigenvalue weighted by molar-refractivity contribution is 0.112. The molecular weight excluding hydrogens is 280 g/mol. The molecule has 0 amide bonds. The second-order valence-electron chi connectivity index (χ2n) is 4.77. The molecule has 0 radical (unpaired) electrons. The minimum absolute atomic E-state index is 0.665. The van der Waals surface area contributed by atoms with Gasteiger partial charge in [-0.15, -0.1) is 0 Å². The Labute approximate surface area is 128 Å². The van der Waals surface area contributed by atoms with E-state index in [0.29, 0.717) is 10.6 Å². The van der Waals surface area contributed by atoms with Gasteiger partial charge in [-0.3, -0.25) is 4.79 Å². The first kappa shape index (κ1) is 13.6. The van der Waals surface area contributed by atoms with Crippen molar-refractivity contribution in [2.75, 3.05) is 0 Å². The van der Waals surface area contributed by atoms with Crippen LogP contribution in [0, 0.1) is 0 Å². The van der Waals surface area contributed by atoms with Crippen LogP contribution in [0.4, 0.5) is 0 Å². The van der Waals surface area contributed by atoms with E-state index in [2.05, 4.69) is 0 Å². The van der Waals surface area contributed by atoms with E-state index in [4.69, 9.17) is 11.6 Å². The molecule has 0 aromatic heterocycles. The lowest BCUT2D eigenvalue weighted by Gasteiger charge is -2.09. The first-order chi connectivity index (χ1) is 10.3. The number of hydrogen-bond acceptors (Lipinski definition) is 1. The summed E-state index contributed by atoms with van der Waals surface area (Å²) in [6.45, 7) is 0. The molecule has 3 aromatic carbocycles. The fourth-order valence-electron chi connectivity index (χ4n) is 2.40. The summed E-state index contributed by atoms with van der Waals surface area (Å²) in [7, 11) is 0. The molecule has 102 valence electrons. The summed E-state index contributed by atoms with van der Waals surface area (Å²) in [5.41, 5.74) is 4.51. The molecule has 21 heavy (non-hydrogen) atoms.